The molecule has 0 atom stereocenters. The van der Waals surface area contributed by atoms with Crippen LogP contribution in [0.25, 0.3) is 6.08 Å². The molecule has 2 N–H and O–H groups in total. The smallest absolute Gasteiger partial charge is 0.187 e. The zero-order chi connectivity index (χ0) is 16.3. The lowest BCUT2D eigenvalue weighted by Gasteiger charge is -2.06. The van der Waals surface area contributed by atoms with Crippen LogP contribution in [0.3, 0.4) is 0 Å². The molecule has 0 radical (unpaired) electrons. The fourth-order valence-corrected chi connectivity index (χ4v) is 2.03. The van der Waals surface area contributed by atoms with E-state index in [-0.39, 0.29) is 0 Å². The first-order chi connectivity index (χ1) is 11.3. The van der Waals surface area contributed by atoms with Crippen LogP contribution in [0.1, 0.15) is 11.1 Å². The molecule has 0 bridgehead atoms. The summed E-state index contributed by atoms with van der Waals surface area (Å²) in [5.41, 5.74) is 4.93. The van der Waals surface area contributed by atoms with Crippen molar-refractivity contribution in [2.45, 2.75) is 6.54 Å². The number of benzene rings is 2. The van der Waals surface area contributed by atoms with Crippen molar-refractivity contribution in [2.24, 2.45) is 5.10 Å². The van der Waals surface area contributed by atoms with Crippen LogP contribution in [0.15, 0.2) is 65.8 Å². The third-order valence-corrected chi connectivity index (χ3v) is 3.27. The van der Waals surface area contributed by atoms with Gasteiger partial charge in [-0.3, -0.25) is 5.43 Å². The fourth-order valence-electron chi connectivity index (χ4n) is 1.91. The van der Waals surface area contributed by atoms with Crippen molar-refractivity contribution < 1.29 is 4.74 Å². The molecule has 0 saturated heterocycles. The van der Waals surface area contributed by atoms with E-state index in [0.717, 1.165) is 16.9 Å². The Morgan fingerprint density at radius 1 is 1.13 bits per heavy atom. The summed E-state index contributed by atoms with van der Waals surface area (Å²) in [7, 11) is 1.65. The standard InChI is InChI=1S/C18H19N3OS/c1-22-17-12-6-5-10-16(17)11-7-13-20-21-18(23)19-14-15-8-3-2-4-9-15/h2-13H,14H2,1H3,(H2,19,21,23)/b11-7+,20-13-. The summed E-state index contributed by atoms with van der Waals surface area (Å²) in [4.78, 5) is 0. The van der Waals surface area contributed by atoms with Gasteiger partial charge in [-0.2, -0.15) is 5.10 Å². The molecule has 2 rings (SSSR count). The highest BCUT2D eigenvalue weighted by molar-refractivity contribution is 7.80. The second-order valence-electron chi connectivity index (χ2n) is 4.66. The molecule has 23 heavy (non-hydrogen) atoms. The summed E-state index contributed by atoms with van der Waals surface area (Å²) in [5.74, 6) is 0.824. The maximum Gasteiger partial charge on any atom is 0.187 e. The molecule has 0 unspecified atom stereocenters. The fraction of sp³-hybridized carbons (Fsp3) is 0.111. The van der Waals surface area contributed by atoms with Crippen molar-refractivity contribution in [3.05, 3.63) is 71.8 Å². The average Bonchev–Trinajstić information content (AvgIpc) is 2.61. The molecular formula is C18H19N3OS. The normalized spacial score (nSPS) is 10.8. The minimum absolute atomic E-state index is 0.482. The molecule has 0 aromatic heterocycles. The molecule has 0 aliphatic carbocycles. The van der Waals surface area contributed by atoms with Gasteiger partial charge in [0.1, 0.15) is 5.75 Å². The monoisotopic (exact) mass is 325 g/mol. The van der Waals surface area contributed by atoms with E-state index in [1.807, 2.05) is 66.7 Å². The lowest BCUT2D eigenvalue weighted by Crippen LogP contribution is -2.31. The summed E-state index contributed by atoms with van der Waals surface area (Å²) in [5, 5.41) is 7.62. The van der Waals surface area contributed by atoms with Crippen molar-refractivity contribution >= 4 is 29.6 Å². The Morgan fingerprint density at radius 2 is 1.87 bits per heavy atom. The zero-order valence-electron chi connectivity index (χ0n) is 12.9. The van der Waals surface area contributed by atoms with Crippen LogP contribution in [-0.4, -0.2) is 18.4 Å². The zero-order valence-corrected chi connectivity index (χ0v) is 13.7. The van der Waals surface area contributed by atoms with Gasteiger partial charge in [-0.25, -0.2) is 0 Å². The predicted octanol–water partition coefficient (Wildman–Crippen LogP) is 3.36. The van der Waals surface area contributed by atoms with Crippen molar-refractivity contribution in [1.29, 1.82) is 0 Å². The van der Waals surface area contributed by atoms with Crippen LogP contribution < -0.4 is 15.5 Å². The third kappa shape index (κ3) is 5.92. The lowest BCUT2D eigenvalue weighted by molar-refractivity contribution is 0.414. The summed E-state index contributed by atoms with van der Waals surface area (Å²) in [6, 6.07) is 17.8. The van der Waals surface area contributed by atoms with Gasteiger partial charge in [-0.15, -0.1) is 0 Å². The van der Waals surface area contributed by atoms with Gasteiger partial charge >= 0.3 is 0 Å². The second-order valence-corrected chi connectivity index (χ2v) is 5.07. The highest BCUT2D eigenvalue weighted by Gasteiger charge is 1.95. The van der Waals surface area contributed by atoms with E-state index in [1.165, 1.54) is 0 Å². The number of nitrogens with zero attached hydrogens (tertiary/aromatic N) is 1. The number of rotatable bonds is 6. The van der Waals surface area contributed by atoms with E-state index < -0.39 is 0 Å². The molecule has 4 nitrogen and oxygen atoms in total. The Balaban J connectivity index is 1.75. The number of ether oxygens (including phenoxy) is 1. The number of thiocarbonyl (C=S) groups is 1. The lowest BCUT2D eigenvalue weighted by atomic mass is 10.2. The van der Waals surface area contributed by atoms with Gasteiger partial charge in [0.05, 0.1) is 7.11 Å². The number of hydrogen-bond acceptors (Lipinski definition) is 3. The summed E-state index contributed by atoms with van der Waals surface area (Å²) in [6.45, 7) is 0.666. The molecule has 0 saturated carbocycles. The first-order valence-electron chi connectivity index (χ1n) is 7.20. The minimum atomic E-state index is 0.482. The van der Waals surface area contributed by atoms with E-state index in [1.54, 1.807) is 13.3 Å². The van der Waals surface area contributed by atoms with Crippen molar-refractivity contribution in [3.8, 4) is 5.75 Å². The summed E-state index contributed by atoms with van der Waals surface area (Å²) < 4.78 is 5.27. The Kier molecular flexibility index (Phi) is 6.81. The van der Waals surface area contributed by atoms with Crippen LogP contribution in [0, 0.1) is 0 Å². The maximum absolute atomic E-state index is 5.27. The molecule has 0 fully saturated rings. The summed E-state index contributed by atoms with van der Waals surface area (Å²) >= 11 is 5.16. The quantitative estimate of drug-likeness (QED) is 0.486. The maximum atomic E-state index is 5.27. The van der Waals surface area contributed by atoms with Crippen molar-refractivity contribution in [1.82, 2.24) is 10.7 Å². The summed E-state index contributed by atoms with van der Waals surface area (Å²) in [6.07, 6.45) is 5.39. The molecule has 0 heterocycles. The number of nitrogens with one attached hydrogen (secondary N) is 2. The SMILES string of the molecule is COc1ccccc1/C=C/C=N\NC(=S)NCc1ccccc1. The molecule has 2 aromatic carbocycles. The van der Waals surface area contributed by atoms with Gasteiger partial charge < -0.3 is 10.1 Å². The van der Waals surface area contributed by atoms with Gasteiger partial charge in [-0.1, -0.05) is 48.5 Å². The van der Waals surface area contributed by atoms with E-state index in [2.05, 4.69) is 15.8 Å². The van der Waals surface area contributed by atoms with Crippen LogP contribution in [-0.2, 0) is 6.54 Å². The van der Waals surface area contributed by atoms with Gasteiger partial charge in [-0.05, 0) is 36.0 Å². The molecule has 2 aromatic rings. The minimum Gasteiger partial charge on any atom is -0.496 e. The van der Waals surface area contributed by atoms with Crippen LogP contribution in [0.5, 0.6) is 5.75 Å². The van der Waals surface area contributed by atoms with Crippen molar-refractivity contribution in [2.75, 3.05) is 7.11 Å². The Morgan fingerprint density at radius 3 is 2.65 bits per heavy atom. The molecule has 5 heteroatoms. The molecule has 118 valence electrons. The first-order valence-corrected chi connectivity index (χ1v) is 7.61. The van der Waals surface area contributed by atoms with E-state index in [9.17, 15) is 0 Å². The predicted molar refractivity (Wildman–Crippen MR) is 99.5 cm³/mol. The van der Waals surface area contributed by atoms with E-state index in [0.29, 0.717) is 11.7 Å². The Hall–Kier alpha value is -2.66. The highest BCUT2D eigenvalue weighted by Crippen LogP contribution is 2.18. The molecule has 0 amide bonds. The van der Waals surface area contributed by atoms with Crippen LogP contribution >= 0.6 is 12.2 Å². The average molecular weight is 325 g/mol. The van der Waals surface area contributed by atoms with Gasteiger partial charge in [0.2, 0.25) is 0 Å². The van der Waals surface area contributed by atoms with Crippen molar-refractivity contribution in [3.63, 3.8) is 0 Å². The topological polar surface area (TPSA) is 45.6 Å². The number of allylic oxidation sites excluding steroid dienone is 1. The first kappa shape index (κ1) is 16.7. The van der Waals surface area contributed by atoms with Crippen LogP contribution in [0.2, 0.25) is 0 Å². The molecule has 0 spiro atoms. The molecule has 0 aliphatic rings. The van der Waals surface area contributed by atoms with Crippen LogP contribution in [0.4, 0.5) is 0 Å². The molecular weight excluding hydrogens is 306 g/mol. The van der Waals surface area contributed by atoms with Gasteiger partial charge in [0, 0.05) is 18.3 Å². The number of para-hydroxylation sites is 1. The number of hydrogen-bond donors (Lipinski definition) is 2. The van der Waals surface area contributed by atoms with E-state index >= 15 is 0 Å². The number of hydrazone groups is 1. The third-order valence-electron chi connectivity index (χ3n) is 3.04. The molecule has 0 aliphatic heterocycles. The van der Waals surface area contributed by atoms with E-state index in [4.69, 9.17) is 17.0 Å². The Bertz CT molecular complexity index is 684. The highest BCUT2D eigenvalue weighted by atomic mass is 32.1. The largest absolute Gasteiger partial charge is 0.496 e. The van der Waals surface area contributed by atoms with Gasteiger partial charge in [0.15, 0.2) is 5.11 Å². The number of methoxy groups -OCH3 is 1. The second kappa shape index (κ2) is 9.38. The Labute approximate surface area is 141 Å². The van der Waals surface area contributed by atoms with Gasteiger partial charge in [0.25, 0.3) is 0 Å².